The van der Waals surface area contributed by atoms with Gasteiger partial charge >= 0.3 is 5.78 Å². The summed E-state index contributed by atoms with van der Waals surface area (Å²) >= 11 is 0. The number of hydrogen-bond acceptors (Lipinski definition) is 3. The van der Waals surface area contributed by atoms with Crippen molar-refractivity contribution in [2.45, 2.75) is 6.61 Å². The molecule has 2 aromatic carbocycles. The van der Waals surface area contributed by atoms with Gasteiger partial charge in [0.2, 0.25) is 0 Å². The van der Waals surface area contributed by atoms with Crippen LogP contribution in [0.1, 0.15) is 16.1 Å². The van der Waals surface area contributed by atoms with Crippen LogP contribution in [0.25, 0.3) is 16.6 Å². The number of aromatic amines is 1. The number of aromatic nitrogens is 3. The molecule has 0 unspecified atom stereocenters. The molecule has 2 aromatic heterocycles. The second kappa shape index (κ2) is 5.53. The summed E-state index contributed by atoms with van der Waals surface area (Å²) < 4.78 is 7.74. The maximum Gasteiger partial charge on any atom is 0.401 e. The number of aldehydes is 1. The van der Waals surface area contributed by atoms with Crippen LogP contribution in [0, 0.1) is 0 Å². The Bertz CT molecular complexity index is 974. The highest BCUT2D eigenvalue weighted by atomic mass is 16.5. The topological polar surface area (TPSA) is 59.1 Å². The van der Waals surface area contributed by atoms with Crippen molar-refractivity contribution in [2.24, 2.45) is 0 Å². The molecule has 1 N–H and O–H groups in total. The van der Waals surface area contributed by atoms with E-state index in [9.17, 15) is 4.79 Å². The number of rotatable bonds is 4. The fourth-order valence-corrected chi connectivity index (χ4v) is 2.68. The molecular weight excluding hydrogens is 290 g/mol. The molecule has 0 aliphatic heterocycles. The number of carbonyl (C=O) groups is 1. The summed E-state index contributed by atoms with van der Waals surface area (Å²) in [7, 11) is 0. The van der Waals surface area contributed by atoms with Gasteiger partial charge < -0.3 is 4.74 Å². The SMILES string of the molecule is O=Cc1c(OCc2c[n+]3cccnc3[nH]2)ccc2ccccc12. The molecule has 23 heavy (non-hydrogen) atoms. The van der Waals surface area contributed by atoms with Gasteiger partial charge in [-0.05, 0) is 16.8 Å². The predicted molar refractivity (Wildman–Crippen MR) is 85.4 cm³/mol. The van der Waals surface area contributed by atoms with E-state index in [0.717, 1.165) is 28.5 Å². The van der Waals surface area contributed by atoms with Crippen LogP contribution in [0.15, 0.2) is 61.1 Å². The number of hydrogen-bond donors (Lipinski definition) is 1. The molecule has 4 rings (SSSR count). The van der Waals surface area contributed by atoms with Crippen LogP contribution in [0.4, 0.5) is 0 Å². The number of benzene rings is 2. The number of imidazole rings is 1. The Morgan fingerprint density at radius 3 is 2.96 bits per heavy atom. The lowest BCUT2D eigenvalue weighted by atomic mass is 10.0. The summed E-state index contributed by atoms with van der Waals surface area (Å²) in [6, 6.07) is 13.4. The van der Waals surface area contributed by atoms with Crippen molar-refractivity contribution in [1.82, 2.24) is 9.97 Å². The molecule has 0 saturated carbocycles. The lowest BCUT2D eigenvalue weighted by Crippen LogP contribution is -2.17. The number of fused-ring (bicyclic) bond motifs is 2. The molecule has 0 saturated heterocycles. The third kappa shape index (κ3) is 2.42. The Labute approximate surface area is 132 Å². The fraction of sp³-hybridized carbons (Fsp3) is 0.0556. The van der Waals surface area contributed by atoms with Crippen LogP contribution >= 0.6 is 0 Å². The minimum Gasteiger partial charge on any atom is -0.485 e. The molecule has 4 aromatic rings. The zero-order chi connectivity index (χ0) is 15.6. The number of nitrogens with zero attached hydrogens (tertiary/aromatic N) is 2. The normalized spacial score (nSPS) is 11.0. The molecule has 0 spiro atoms. The van der Waals surface area contributed by atoms with Gasteiger partial charge in [0.15, 0.2) is 6.29 Å². The lowest BCUT2D eigenvalue weighted by molar-refractivity contribution is -0.513. The number of H-pyrrole nitrogens is 1. The van der Waals surface area contributed by atoms with Crippen molar-refractivity contribution in [3.63, 3.8) is 0 Å². The second-order valence-corrected chi connectivity index (χ2v) is 5.23. The zero-order valence-electron chi connectivity index (χ0n) is 12.3. The van der Waals surface area contributed by atoms with Gasteiger partial charge in [-0.25, -0.2) is 9.38 Å². The average molecular weight is 304 g/mol. The van der Waals surface area contributed by atoms with E-state index in [1.54, 1.807) is 6.20 Å². The van der Waals surface area contributed by atoms with E-state index in [0.29, 0.717) is 17.9 Å². The zero-order valence-corrected chi connectivity index (χ0v) is 12.3. The molecule has 0 fully saturated rings. The Kier molecular flexibility index (Phi) is 3.24. The quantitative estimate of drug-likeness (QED) is 0.466. The van der Waals surface area contributed by atoms with Crippen molar-refractivity contribution in [3.05, 3.63) is 72.3 Å². The Morgan fingerprint density at radius 2 is 2.09 bits per heavy atom. The third-order valence-electron chi connectivity index (χ3n) is 3.77. The van der Waals surface area contributed by atoms with Crippen molar-refractivity contribution in [2.75, 3.05) is 0 Å². The van der Waals surface area contributed by atoms with E-state index in [4.69, 9.17) is 4.74 Å². The number of nitrogens with one attached hydrogen (secondary N) is 1. The summed E-state index contributed by atoms with van der Waals surface area (Å²) in [5.74, 6) is 1.33. The third-order valence-corrected chi connectivity index (χ3v) is 3.77. The van der Waals surface area contributed by atoms with Gasteiger partial charge in [-0.3, -0.25) is 4.79 Å². The second-order valence-electron chi connectivity index (χ2n) is 5.23. The molecule has 5 heteroatoms. The van der Waals surface area contributed by atoms with E-state index < -0.39 is 0 Å². The van der Waals surface area contributed by atoms with Crippen molar-refractivity contribution >= 4 is 22.8 Å². The van der Waals surface area contributed by atoms with Gasteiger partial charge in [-0.15, -0.1) is 0 Å². The van der Waals surface area contributed by atoms with Gasteiger partial charge in [-0.2, -0.15) is 0 Å². The van der Waals surface area contributed by atoms with Crippen LogP contribution in [-0.4, -0.2) is 16.3 Å². The Hall–Kier alpha value is -3.21. The summed E-state index contributed by atoms with van der Waals surface area (Å²) in [4.78, 5) is 18.9. The van der Waals surface area contributed by atoms with Gasteiger partial charge in [0.1, 0.15) is 30.4 Å². The molecule has 112 valence electrons. The number of ether oxygens (including phenoxy) is 1. The average Bonchev–Trinajstić information content (AvgIpc) is 3.02. The smallest absolute Gasteiger partial charge is 0.401 e. The van der Waals surface area contributed by atoms with Crippen molar-refractivity contribution in [3.8, 4) is 5.75 Å². The van der Waals surface area contributed by atoms with Crippen molar-refractivity contribution < 1.29 is 13.9 Å². The predicted octanol–water partition coefficient (Wildman–Crippen LogP) is 2.69. The molecule has 0 atom stereocenters. The molecule has 0 aliphatic rings. The maximum absolute atomic E-state index is 11.5. The maximum atomic E-state index is 11.5. The molecule has 0 radical (unpaired) electrons. The van der Waals surface area contributed by atoms with Crippen LogP contribution < -0.4 is 9.14 Å². The van der Waals surface area contributed by atoms with E-state index in [1.165, 1.54) is 0 Å². The largest absolute Gasteiger partial charge is 0.485 e. The van der Waals surface area contributed by atoms with Crippen LogP contribution in [0.2, 0.25) is 0 Å². The highest BCUT2D eigenvalue weighted by Gasteiger charge is 2.11. The van der Waals surface area contributed by atoms with E-state index >= 15 is 0 Å². The van der Waals surface area contributed by atoms with E-state index in [-0.39, 0.29) is 0 Å². The van der Waals surface area contributed by atoms with Crippen molar-refractivity contribution in [1.29, 1.82) is 0 Å². The van der Waals surface area contributed by atoms with Gasteiger partial charge in [0.25, 0.3) is 0 Å². The first-order valence-corrected chi connectivity index (χ1v) is 7.29. The summed E-state index contributed by atoms with van der Waals surface area (Å²) in [5.41, 5.74) is 1.46. The molecule has 2 heterocycles. The first-order valence-electron chi connectivity index (χ1n) is 7.29. The Morgan fingerprint density at radius 1 is 1.17 bits per heavy atom. The monoisotopic (exact) mass is 304 g/mol. The van der Waals surface area contributed by atoms with E-state index in [2.05, 4.69) is 9.97 Å². The van der Waals surface area contributed by atoms with Gasteiger partial charge in [0.05, 0.1) is 11.8 Å². The lowest BCUT2D eigenvalue weighted by Gasteiger charge is -2.09. The molecular formula is C18H14N3O2+. The molecule has 0 bridgehead atoms. The minimum absolute atomic E-state index is 0.336. The van der Waals surface area contributed by atoms with Gasteiger partial charge in [-0.1, -0.05) is 35.3 Å². The van der Waals surface area contributed by atoms with Crippen LogP contribution in [0.5, 0.6) is 5.75 Å². The first kappa shape index (κ1) is 13.5. The fourth-order valence-electron chi connectivity index (χ4n) is 2.68. The van der Waals surface area contributed by atoms with Gasteiger partial charge in [0, 0.05) is 6.07 Å². The summed E-state index contributed by atoms with van der Waals surface area (Å²) in [5, 5.41) is 1.92. The summed E-state index contributed by atoms with van der Waals surface area (Å²) in [6.45, 7) is 0.336. The Balaban J connectivity index is 1.66. The molecule has 5 nitrogen and oxygen atoms in total. The minimum atomic E-state index is 0.336. The van der Waals surface area contributed by atoms with Crippen LogP contribution in [0.3, 0.4) is 0 Å². The number of carbonyl (C=O) groups excluding carboxylic acids is 1. The highest BCUT2D eigenvalue weighted by molar-refractivity contribution is 6.00. The van der Waals surface area contributed by atoms with Crippen LogP contribution in [-0.2, 0) is 6.61 Å². The molecule has 0 aliphatic carbocycles. The molecule has 0 amide bonds. The van der Waals surface area contributed by atoms with E-state index in [1.807, 2.05) is 59.3 Å². The standard InChI is InChI=1S/C18H13N3O2/c22-11-16-15-5-2-1-4-13(15)6-7-17(16)23-12-14-10-21-9-3-8-19-18(21)20-14/h1-11H,12H2/p+1. The summed E-state index contributed by atoms with van der Waals surface area (Å²) in [6.07, 6.45) is 6.41. The highest BCUT2D eigenvalue weighted by Crippen LogP contribution is 2.27. The first-order chi connectivity index (χ1) is 11.3.